The fraction of sp³-hybridized carbons (Fsp3) is 0.524. The van der Waals surface area contributed by atoms with Crippen molar-refractivity contribution in [1.29, 1.82) is 0 Å². The van der Waals surface area contributed by atoms with Crippen LogP contribution in [0.4, 0.5) is 4.79 Å². The zero-order chi connectivity index (χ0) is 21.4. The van der Waals surface area contributed by atoms with E-state index in [2.05, 4.69) is 0 Å². The molecular formula is C21H26N2O6. The fourth-order valence-corrected chi connectivity index (χ4v) is 4.12. The van der Waals surface area contributed by atoms with Crippen molar-refractivity contribution in [3.8, 4) is 0 Å². The van der Waals surface area contributed by atoms with Crippen molar-refractivity contribution in [3.05, 3.63) is 35.9 Å². The smallest absolute Gasteiger partial charge is 0.412 e. The molecule has 0 N–H and O–H groups in total. The number of β-lactam (4-membered cyclic amide) rings is 1. The van der Waals surface area contributed by atoms with Crippen LogP contribution in [0.15, 0.2) is 30.3 Å². The molecule has 0 saturated carbocycles. The minimum absolute atomic E-state index is 0.00727. The second-order valence-electron chi connectivity index (χ2n) is 8.53. The number of nitrogens with zero attached hydrogens (tertiary/aromatic N) is 2. The number of rotatable bonds is 4. The molecule has 0 radical (unpaired) electrons. The quantitative estimate of drug-likeness (QED) is 0.331. The highest BCUT2D eigenvalue weighted by atomic mass is 16.6. The average Bonchev–Trinajstić information content (AvgIpc) is 3.04. The van der Waals surface area contributed by atoms with Gasteiger partial charge in [-0.15, -0.1) is 0 Å². The van der Waals surface area contributed by atoms with Gasteiger partial charge in [0.05, 0.1) is 13.7 Å². The van der Waals surface area contributed by atoms with Crippen molar-refractivity contribution in [2.24, 2.45) is 0 Å². The number of aldehydes is 1. The maximum atomic E-state index is 13.2. The summed E-state index contributed by atoms with van der Waals surface area (Å²) in [6.45, 7) is 5.64. The topological polar surface area (TPSA) is 93.2 Å². The molecule has 2 unspecified atom stereocenters. The van der Waals surface area contributed by atoms with Crippen LogP contribution in [-0.2, 0) is 30.4 Å². The summed E-state index contributed by atoms with van der Waals surface area (Å²) in [5.41, 5.74) is -3.06. The zero-order valence-corrected chi connectivity index (χ0v) is 17.1. The van der Waals surface area contributed by atoms with Crippen LogP contribution in [0.25, 0.3) is 0 Å². The molecule has 8 heteroatoms. The summed E-state index contributed by atoms with van der Waals surface area (Å²) in [6, 6.07) is 9.46. The van der Waals surface area contributed by atoms with Crippen molar-refractivity contribution < 1.29 is 28.7 Å². The molecule has 1 spiro atoms. The molecule has 2 aliphatic rings. The Kier molecular flexibility index (Phi) is 5.15. The molecule has 2 atom stereocenters. The first-order valence-electron chi connectivity index (χ1n) is 9.51. The summed E-state index contributed by atoms with van der Waals surface area (Å²) < 4.78 is 10.3. The van der Waals surface area contributed by atoms with E-state index in [1.807, 2.05) is 30.3 Å². The monoisotopic (exact) mass is 402 g/mol. The molecule has 3 rings (SSSR count). The van der Waals surface area contributed by atoms with Crippen molar-refractivity contribution >= 4 is 24.3 Å². The van der Waals surface area contributed by atoms with Gasteiger partial charge < -0.3 is 19.2 Å². The van der Waals surface area contributed by atoms with Gasteiger partial charge in [-0.05, 0) is 39.2 Å². The Balaban J connectivity index is 1.93. The van der Waals surface area contributed by atoms with Gasteiger partial charge in [-0.25, -0.2) is 9.59 Å². The van der Waals surface area contributed by atoms with Gasteiger partial charge in [-0.3, -0.25) is 9.69 Å². The maximum Gasteiger partial charge on any atom is 0.412 e. The Labute approximate surface area is 169 Å². The highest BCUT2D eigenvalue weighted by Crippen LogP contribution is 2.48. The molecule has 2 heterocycles. The normalized spacial score (nSPS) is 26.3. The second-order valence-corrected chi connectivity index (χ2v) is 8.53. The standard InChI is InChI=1S/C21H26N2O6/c1-19(2,3)29-18(27)23-20(10-11-21(23,14-24)17(26)28-4)13-22(16(20)25)12-15-8-6-5-7-9-15/h5-9,14H,10-13H2,1-4H3. The summed E-state index contributed by atoms with van der Waals surface area (Å²) in [4.78, 5) is 53.4. The Morgan fingerprint density at radius 3 is 2.34 bits per heavy atom. The van der Waals surface area contributed by atoms with Crippen LogP contribution in [0.3, 0.4) is 0 Å². The predicted molar refractivity (Wildman–Crippen MR) is 103 cm³/mol. The molecule has 2 aliphatic heterocycles. The SMILES string of the molecule is COC(=O)C1(C=O)CCC2(CN(Cc3ccccc3)C2=O)N1C(=O)OC(C)(C)C. The number of likely N-dealkylation sites (tertiary alicyclic amines) is 2. The lowest BCUT2D eigenvalue weighted by atomic mass is 9.85. The Morgan fingerprint density at radius 2 is 1.83 bits per heavy atom. The van der Waals surface area contributed by atoms with Gasteiger partial charge in [0, 0.05) is 6.54 Å². The Morgan fingerprint density at radius 1 is 1.17 bits per heavy atom. The molecule has 156 valence electrons. The number of methoxy groups -OCH3 is 1. The first-order chi connectivity index (χ1) is 13.6. The third kappa shape index (κ3) is 3.36. The molecule has 0 aromatic heterocycles. The van der Waals surface area contributed by atoms with Gasteiger partial charge in [0.25, 0.3) is 5.91 Å². The summed E-state index contributed by atoms with van der Waals surface area (Å²) in [5.74, 6) is -1.18. The van der Waals surface area contributed by atoms with Crippen molar-refractivity contribution in [3.63, 3.8) is 0 Å². The summed E-state index contributed by atoms with van der Waals surface area (Å²) in [7, 11) is 1.15. The van der Waals surface area contributed by atoms with E-state index in [0.29, 0.717) is 12.8 Å². The van der Waals surface area contributed by atoms with Gasteiger partial charge in [-0.2, -0.15) is 0 Å². The molecule has 2 amide bonds. The third-order valence-electron chi connectivity index (χ3n) is 5.41. The largest absolute Gasteiger partial charge is 0.467 e. The zero-order valence-electron chi connectivity index (χ0n) is 17.1. The van der Waals surface area contributed by atoms with E-state index in [1.165, 1.54) is 0 Å². The van der Waals surface area contributed by atoms with Crippen LogP contribution in [-0.4, -0.2) is 64.4 Å². The minimum atomic E-state index is -1.87. The molecule has 2 fully saturated rings. The van der Waals surface area contributed by atoms with E-state index >= 15 is 0 Å². The van der Waals surface area contributed by atoms with E-state index < -0.39 is 28.7 Å². The number of benzene rings is 1. The van der Waals surface area contributed by atoms with E-state index in [-0.39, 0.29) is 25.3 Å². The lowest BCUT2D eigenvalue weighted by Crippen LogP contribution is -2.76. The van der Waals surface area contributed by atoms with Crippen LogP contribution in [0.2, 0.25) is 0 Å². The van der Waals surface area contributed by atoms with E-state index in [0.717, 1.165) is 17.6 Å². The highest BCUT2D eigenvalue weighted by Gasteiger charge is 2.70. The number of carbonyl (C=O) groups is 4. The van der Waals surface area contributed by atoms with Crippen LogP contribution in [0, 0.1) is 0 Å². The van der Waals surface area contributed by atoms with Crippen molar-refractivity contribution in [2.75, 3.05) is 13.7 Å². The molecule has 29 heavy (non-hydrogen) atoms. The molecule has 1 aromatic rings. The van der Waals surface area contributed by atoms with Gasteiger partial charge in [0.1, 0.15) is 11.1 Å². The molecular weight excluding hydrogens is 376 g/mol. The molecule has 8 nitrogen and oxygen atoms in total. The lowest BCUT2D eigenvalue weighted by Gasteiger charge is -2.52. The Bertz CT molecular complexity index is 833. The van der Waals surface area contributed by atoms with Gasteiger partial charge in [-0.1, -0.05) is 30.3 Å². The fourth-order valence-electron chi connectivity index (χ4n) is 4.12. The molecule has 1 aromatic carbocycles. The van der Waals surface area contributed by atoms with E-state index in [4.69, 9.17) is 9.47 Å². The summed E-state index contributed by atoms with van der Waals surface area (Å²) in [6.07, 6.45) is -0.289. The highest BCUT2D eigenvalue weighted by molar-refractivity contribution is 6.06. The molecule has 0 bridgehead atoms. The van der Waals surface area contributed by atoms with Crippen LogP contribution >= 0.6 is 0 Å². The number of hydrogen-bond donors (Lipinski definition) is 0. The van der Waals surface area contributed by atoms with E-state index in [9.17, 15) is 19.2 Å². The second kappa shape index (κ2) is 7.17. The maximum absolute atomic E-state index is 13.2. The number of esters is 1. The van der Waals surface area contributed by atoms with Crippen molar-refractivity contribution in [2.45, 2.75) is 56.8 Å². The van der Waals surface area contributed by atoms with Gasteiger partial charge in [0.15, 0.2) is 11.8 Å². The van der Waals surface area contributed by atoms with Gasteiger partial charge in [0.2, 0.25) is 0 Å². The number of hydrogen-bond acceptors (Lipinski definition) is 6. The lowest BCUT2D eigenvalue weighted by molar-refractivity contribution is -0.171. The number of amides is 2. The number of ether oxygens (including phenoxy) is 2. The predicted octanol–water partition coefficient (Wildman–Crippen LogP) is 1.91. The summed E-state index contributed by atoms with van der Waals surface area (Å²) in [5, 5.41) is 0. The summed E-state index contributed by atoms with van der Waals surface area (Å²) >= 11 is 0. The Hall–Kier alpha value is -2.90. The molecule has 2 saturated heterocycles. The number of carbonyl (C=O) groups excluding carboxylic acids is 4. The molecule has 0 aliphatic carbocycles. The third-order valence-corrected chi connectivity index (χ3v) is 5.41. The van der Waals surface area contributed by atoms with Crippen LogP contribution < -0.4 is 0 Å². The average molecular weight is 402 g/mol. The van der Waals surface area contributed by atoms with E-state index in [1.54, 1.807) is 25.7 Å². The van der Waals surface area contributed by atoms with Crippen LogP contribution in [0.1, 0.15) is 39.2 Å². The van der Waals surface area contributed by atoms with Gasteiger partial charge >= 0.3 is 12.1 Å². The first kappa shape index (κ1) is 20.8. The first-order valence-corrected chi connectivity index (χ1v) is 9.51. The van der Waals surface area contributed by atoms with Crippen LogP contribution in [0.5, 0.6) is 0 Å². The minimum Gasteiger partial charge on any atom is -0.467 e. The van der Waals surface area contributed by atoms with Crippen molar-refractivity contribution in [1.82, 2.24) is 9.80 Å².